The van der Waals surface area contributed by atoms with E-state index in [4.69, 9.17) is 16.3 Å². The predicted molar refractivity (Wildman–Crippen MR) is 101 cm³/mol. The van der Waals surface area contributed by atoms with Crippen molar-refractivity contribution in [3.05, 3.63) is 47.5 Å². The average molecular weight is 459 g/mol. The first-order chi connectivity index (χ1) is 14.3. The maximum atomic E-state index is 13.0. The quantitative estimate of drug-likeness (QED) is 0.413. The maximum Gasteiger partial charge on any atom is 0.397 e. The zero-order valence-electron chi connectivity index (χ0n) is 15.1. The number of hydrogen-bond acceptors (Lipinski definition) is 6. The molecular formula is C17H14ClF3N6O2S. The average Bonchev–Trinajstić information content (AvgIpc) is 3.12. The van der Waals surface area contributed by atoms with Gasteiger partial charge in [0.2, 0.25) is 5.88 Å². The third-order valence-corrected chi connectivity index (χ3v) is 5.60. The van der Waals surface area contributed by atoms with Crippen LogP contribution in [0.15, 0.2) is 41.7 Å². The number of ether oxygens (including phenoxy) is 1. The Hall–Kier alpha value is -2.73. The highest BCUT2D eigenvalue weighted by molar-refractivity contribution is 7.98. The topological polar surface area (TPSA) is 97.7 Å². The Morgan fingerprint density at radius 1 is 1.37 bits per heavy atom. The maximum absolute atomic E-state index is 13.0. The zero-order chi connectivity index (χ0) is 21.4. The fourth-order valence-electron chi connectivity index (χ4n) is 2.56. The molecule has 0 aromatic carbocycles. The second-order valence-corrected chi connectivity index (χ2v) is 7.88. The number of H-pyrrole nitrogens is 1. The molecule has 1 aliphatic carbocycles. The smallest absolute Gasteiger partial charge is 0.397 e. The summed E-state index contributed by atoms with van der Waals surface area (Å²) in [6, 6.07) is 4.42. The van der Waals surface area contributed by atoms with E-state index in [1.165, 1.54) is 29.1 Å². The fourth-order valence-corrected chi connectivity index (χ4v) is 3.33. The van der Waals surface area contributed by atoms with Gasteiger partial charge in [-0.2, -0.15) is 18.3 Å². The molecule has 3 aromatic rings. The van der Waals surface area contributed by atoms with Gasteiger partial charge in [-0.25, -0.2) is 9.67 Å². The number of aromatic nitrogens is 5. The second-order valence-electron chi connectivity index (χ2n) is 6.64. The standard InChI is InChI=1S/C17H14ClF3N6O2S/c18-14-11(15(28)26-30-10-7-22-23-8-10)1-2-12(24-14)27-6-3-13(25-27)29-9-16(4-5-16)17(19,20)21/h1-3,6-8H,4-5,9H2,(H,22,23)(H,26,28). The Balaban J connectivity index is 1.40. The van der Waals surface area contributed by atoms with Crippen molar-refractivity contribution in [2.75, 3.05) is 6.61 Å². The molecule has 1 saturated carbocycles. The van der Waals surface area contributed by atoms with Crippen LogP contribution >= 0.6 is 23.5 Å². The van der Waals surface area contributed by atoms with Crippen LogP contribution < -0.4 is 9.46 Å². The molecule has 0 radical (unpaired) electrons. The molecule has 30 heavy (non-hydrogen) atoms. The summed E-state index contributed by atoms with van der Waals surface area (Å²) in [4.78, 5) is 17.1. The van der Waals surface area contributed by atoms with E-state index in [-0.39, 0.29) is 35.3 Å². The minimum absolute atomic E-state index is 0.0433. The SMILES string of the molecule is O=C(NSc1cn[nH]c1)c1ccc(-n2ccc(OCC3(C(F)(F)F)CC3)n2)nc1Cl. The summed E-state index contributed by atoms with van der Waals surface area (Å²) in [5.74, 6) is -0.121. The monoisotopic (exact) mass is 458 g/mol. The number of hydrogen-bond donors (Lipinski definition) is 2. The van der Waals surface area contributed by atoms with Crippen LogP contribution in [-0.4, -0.2) is 43.7 Å². The molecule has 13 heteroatoms. The highest BCUT2D eigenvalue weighted by Crippen LogP contribution is 2.57. The Bertz CT molecular complexity index is 1050. The molecule has 3 heterocycles. The van der Waals surface area contributed by atoms with Crippen molar-refractivity contribution in [1.29, 1.82) is 0 Å². The van der Waals surface area contributed by atoms with Gasteiger partial charge in [-0.15, -0.1) is 5.10 Å². The lowest BCUT2D eigenvalue weighted by molar-refractivity contribution is -0.194. The number of carbonyl (C=O) groups excluding carboxylic acids is 1. The summed E-state index contributed by atoms with van der Waals surface area (Å²) < 4.78 is 48.1. The van der Waals surface area contributed by atoms with Crippen molar-refractivity contribution in [3.63, 3.8) is 0 Å². The number of nitrogens with one attached hydrogen (secondary N) is 2. The van der Waals surface area contributed by atoms with E-state index in [0.29, 0.717) is 4.90 Å². The number of aromatic amines is 1. The van der Waals surface area contributed by atoms with Crippen molar-refractivity contribution in [2.24, 2.45) is 5.41 Å². The van der Waals surface area contributed by atoms with E-state index in [2.05, 4.69) is 25.0 Å². The van der Waals surface area contributed by atoms with Crippen LogP contribution in [0.1, 0.15) is 23.2 Å². The molecule has 1 fully saturated rings. The summed E-state index contributed by atoms with van der Waals surface area (Å²) >= 11 is 7.19. The first-order valence-electron chi connectivity index (χ1n) is 8.65. The highest BCUT2D eigenvalue weighted by atomic mass is 35.5. The fraction of sp³-hybridized carbons (Fsp3) is 0.294. The lowest BCUT2D eigenvalue weighted by Gasteiger charge is -2.18. The molecule has 1 amide bonds. The number of carbonyl (C=O) groups is 1. The highest BCUT2D eigenvalue weighted by Gasteiger charge is 2.64. The number of halogens is 4. The summed E-state index contributed by atoms with van der Waals surface area (Å²) in [5.41, 5.74) is -1.62. The van der Waals surface area contributed by atoms with Crippen LogP contribution in [0.2, 0.25) is 5.15 Å². The Labute approximate surface area is 177 Å². The molecule has 0 atom stereocenters. The van der Waals surface area contributed by atoms with E-state index in [1.807, 2.05) is 0 Å². The first-order valence-corrected chi connectivity index (χ1v) is 9.85. The van der Waals surface area contributed by atoms with Gasteiger partial charge in [-0.05, 0) is 36.9 Å². The van der Waals surface area contributed by atoms with Gasteiger partial charge in [0, 0.05) is 18.5 Å². The van der Waals surface area contributed by atoms with Crippen molar-refractivity contribution >= 4 is 29.5 Å². The molecule has 3 aromatic heterocycles. The van der Waals surface area contributed by atoms with E-state index >= 15 is 0 Å². The van der Waals surface area contributed by atoms with Crippen LogP contribution in [0.4, 0.5) is 13.2 Å². The number of pyridine rings is 1. The van der Waals surface area contributed by atoms with Crippen LogP contribution in [-0.2, 0) is 0 Å². The molecule has 1 aliphatic rings. The molecule has 4 rings (SSSR count). The van der Waals surface area contributed by atoms with Crippen molar-refractivity contribution in [3.8, 4) is 11.7 Å². The molecule has 2 N–H and O–H groups in total. The summed E-state index contributed by atoms with van der Waals surface area (Å²) in [6.07, 6.45) is 0.455. The third kappa shape index (κ3) is 4.24. The molecule has 8 nitrogen and oxygen atoms in total. The molecule has 0 unspecified atom stereocenters. The third-order valence-electron chi connectivity index (χ3n) is 4.56. The summed E-state index contributed by atoms with van der Waals surface area (Å²) in [7, 11) is 0. The number of alkyl halides is 3. The van der Waals surface area contributed by atoms with Crippen molar-refractivity contribution < 1.29 is 22.7 Å². The van der Waals surface area contributed by atoms with Gasteiger partial charge in [0.05, 0.1) is 16.7 Å². The van der Waals surface area contributed by atoms with Crippen molar-refractivity contribution in [1.82, 2.24) is 29.7 Å². The van der Waals surface area contributed by atoms with Crippen molar-refractivity contribution in [2.45, 2.75) is 23.9 Å². The van der Waals surface area contributed by atoms with Crippen LogP contribution in [0.3, 0.4) is 0 Å². The van der Waals surface area contributed by atoms with E-state index < -0.39 is 24.1 Å². The van der Waals surface area contributed by atoms with Crippen LogP contribution in [0, 0.1) is 5.41 Å². The van der Waals surface area contributed by atoms with Gasteiger partial charge < -0.3 is 4.74 Å². The number of amides is 1. The van der Waals surface area contributed by atoms with E-state index in [1.54, 1.807) is 12.4 Å². The van der Waals surface area contributed by atoms with Crippen LogP contribution in [0.5, 0.6) is 5.88 Å². The van der Waals surface area contributed by atoms with Gasteiger partial charge in [-0.1, -0.05) is 11.6 Å². The van der Waals surface area contributed by atoms with Gasteiger partial charge in [0.25, 0.3) is 5.91 Å². The number of rotatable bonds is 7. The molecular weight excluding hydrogens is 445 g/mol. The molecule has 0 bridgehead atoms. The molecule has 0 aliphatic heterocycles. The Morgan fingerprint density at radius 3 is 2.80 bits per heavy atom. The van der Waals surface area contributed by atoms with E-state index in [0.717, 1.165) is 11.9 Å². The molecule has 0 saturated heterocycles. The van der Waals surface area contributed by atoms with E-state index in [9.17, 15) is 18.0 Å². The largest absolute Gasteiger partial charge is 0.476 e. The number of nitrogens with zero attached hydrogens (tertiary/aromatic N) is 4. The van der Waals surface area contributed by atoms with Crippen LogP contribution in [0.25, 0.3) is 5.82 Å². The molecule has 158 valence electrons. The lowest BCUT2D eigenvalue weighted by Crippen LogP contribution is -2.30. The minimum Gasteiger partial charge on any atom is -0.476 e. The van der Waals surface area contributed by atoms with Gasteiger partial charge in [-0.3, -0.25) is 14.6 Å². The predicted octanol–water partition coefficient (Wildman–Crippen LogP) is 3.80. The van der Waals surface area contributed by atoms with Gasteiger partial charge >= 0.3 is 6.18 Å². The Kier molecular flexibility index (Phi) is 5.36. The second kappa shape index (κ2) is 7.84. The summed E-state index contributed by atoms with van der Waals surface area (Å²) in [5, 5.41) is 10.4. The molecule has 0 spiro atoms. The minimum atomic E-state index is -4.29. The first kappa shape index (κ1) is 20.5. The Morgan fingerprint density at radius 2 is 2.17 bits per heavy atom. The normalized spacial score (nSPS) is 15.1. The lowest BCUT2D eigenvalue weighted by atomic mass is 10.1. The zero-order valence-corrected chi connectivity index (χ0v) is 16.7. The summed E-state index contributed by atoms with van der Waals surface area (Å²) in [6.45, 7) is -0.477. The van der Waals surface area contributed by atoms with Gasteiger partial charge in [0.15, 0.2) is 5.82 Å². The van der Waals surface area contributed by atoms with Gasteiger partial charge in [0.1, 0.15) is 17.2 Å².